The Morgan fingerprint density at radius 1 is 0.941 bits per heavy atom. The van der Waals surface area contributed by atoms with Crippen LogP contribution in [0.15, 0.2) is 72.8 Å². The Kier molecular flexibility index (Phi) is 5.01. The minimum absolute atomic E-state index is 0.0232. The highest BCUT2D eigenvalue weighted by atomic mass is 35.5. The predicted octanol–water partition coefficient (Wildman–Crippen LogP) is 4.83. The van der Waals surface area contributed by atoms with Crippen LogP contribution in [0.3, 0.4) is 0 Å². The molecule has 0 aromatic heterocycles. The lowest BCUT2D eigenvalue weighted by molar-refractivity contribution is -0.119. The van der Waals surface area contributed by atoms with Gasteiger partial charge in [-0.05, 0) is 61.0 Å². The average Bonchev–Trinajstić information content (AvgIpc) is 3.56. The summed E-state index contributed by atoms with van der Waals surface area (Å²) in [6.45, 7) is 3.18. The zero-order valence-electron chi connectivity index (χ0n) is 19.1. The summed E-state index contributed by atoms with van der Waals surface area (Å²) < 4.78 is 0. The van der Waals surface area contributed by atoms with Gasteiger partial charge in [-0.25, -0.2) is 0 Å². The summed E-state index contributed by atoms with van der Waals surface area (Å²) >= 11 is 6.10. The Labute approximate surface area is 204 Å². The number of amides is 2. The number of hydrogen-bond donors (Lipinski definition) is 0. The minimum Gasteiger partial charge on any atom is -0.336 e. The summed E-state index contributed by atoms with van der Waals surface area (Å²) in [5.74, 6) is 0.228. The second-order valence-electron chi connectivity index (χ2n) is 9.58. The molecule has 1 aliphatic carbocycles. The zero-order chi connectivity index (χ0) is 23.4. The fraction of sp³-hybridized carbons (Fsp3) is 0.286. The number of piperazine rings is 1. The molecule has 34 heavy (non-hydrogen) atoms. The molecule has 3 aromatic rings. The number of benzene rings is 3. The van der Waals surface area contributed by atoms with Crippen molar-refractivity contribution in [2.45, 2.75) is 17.8 Å². The van der Waals surface area contributed by atoms with E-state index in [4.69, 9.17) is 11.6 Å². The molecule has 172 valence electrons. The third kappa shape index (κ3) is 3.26. The molecule has 1 spiro atoms. The molecule has 3 aromatic carbocycles. The number of fused-ring (bicyclic) bond motifs is 2. The van der Waals surface area contributed by atoms with Crippen LogP contribution in [0.5, 0.6) is 0 Å². The van der Waals surface area contributed by atoms with Crippen molar-refractivity contribution in [2.75, 3.05) is 38.1 Å². The maximum Gasteiger partial charge on any atom is 0.254 e. The molecule has 0 bridgehead atoms. The fourth-order valence-electron chi connectivity index (χ4n) is 5.59. The number of hydrogen-bond acceptors (Lipinski definition) is 3. The molecule has 6 heteroatoms. The molecule has 2 aliphatic heterocycles. The van der Waals surface area contributed by atoms with E-state index >= 15 is 0 Å². The van der Waals surface area contributed by atoms with Crippen LogP contribution in [-0.2, 0) is 10.2 Å². The molecular weight excluding hydrogens is 446 g/mol. The summed E-state index contributed by atoms with van der Waals surface area (Å²) in [6, 6.07) is 23.4. The van der Waals surface area contributed by atoms with Crippen LogP contribution >= 0.6 is 11.6 Å². The van der Waals surface area contributed by atoms with Gasteiger partial charge in [0.2, 0.25) is 5.91 Å². The SMILES string of the molecule is CN1CCN(C(=O)c2cccc(N3C(=O)[C@]4(C[C@H]4c4ccc(Cl)cc4)c4ccccc43)c2)CC1. The van der Waals surface area contributed by atoms with Gasteiger partial charge in [-0.1, -0.05) is 48.0 Å². The molecule has 3 aliphatic rings. The molecule has 2 heterocycles. The van der Waals surface area contributed by atoms with Gasteiger partial charge in [0.15, 0.2) is 0 Å². The number of carbonyl (C=O) groups is 2. The number of likely N-dealkylation sites (N-methyl/N-ethyl adjacent to an activating group) is 1. The molecule has 2 amide bonds. The standard InChI is InChI=1S/C28H26ClN3O2/c1-30-13-15-31(16-14-30)26(33)20-5-4-6-22(17-20)32-25-8-3-2-7-23(25)28(27(32)34)18-24(28)19-9-11-21(29)12-10-19/h2-12,17,24H,13-16,18H2,1H3/t24-,28+/m0/s1. The first kappa shape index (κ1) is 21.4. The third-order valence-corrected chi connectivity index (χ3v) is 7.84. The van der Waals surface area contributed by atoms with Crippen molar-refractivity contribution in [1.82, 2.24) is 9.80 Å². The van der Waals surface area contributed by atoms with Crippen LogP contribution in [0.1, 0.15) is 33.8 Å². The normalized spacial score (nSPS) is 23.9. The first-order valence-electron chi connectivity index (χ1n) is 11.8. The second-order valence-corrected chi connectivity index (χ2v) is 10.0. The van der Waals surface area contributed by atoms with Gasteiger partial charge in [-0.15, -0.1) is 0 Å². The highest BCUT2D eigenvalue weighted by Crippen LogP contribution is 2.67. The van der Waals surface area contributed by atoms with E-state index < -0.39 is 5.41 Å². The number of halogens is 1. The topological polar surface area (TPSA) is 43.9 Å². The Morgan fingerprint density at radius 2 is 1.68 bits per heavy atom. The molecule has 1 saturated carbocycles. The molecule has 2 fully saturated rings. The number of anilines is 2. The molecule has 0 radical (unpaired) electrons. The van der Waals surface area contributed by atoms with Gasteiger partial charge in [0.05, 0.1) is 11.1 Å². The zero-order valence-corrected chi connectivity index (χ0v) is 19.8. The van der Waals surface area contributed by atoms with Crippen molar-refractivity contribution >= 4 is 34.8 Å². The van der Waals surface area contributed by atoms with E-state index in [9.17, 15) is 9.59 Å². The Hall–Kier alpha value is -3.15. The van der Waals surface area contributed by atoms with Crippen molar-refractivity contribution in [1.29, 1.82) is 0 Å². The first-order chi connectivity index (χ1) is 16.5. The molecular formula is C28H26ClN3O2. The number of rotatable bonds is 3. The Balaban J connectivity index is 1.34. The van der Waals surface area contributed by atoms with Crippen molar-refractivity contribution < 1.29 is 9.59 Å². The van der Waals surface area contributed by atoms with Gasteiger partial charge in [0.1, 0.15) is 0 Å². The van der Waals surface area contributed by atoms with Gasteiger partial charge in [0.25, 0.3) is 5.91 Å². The largest absolute Gasteiger partial charge is 0.336 e. The quantitative estimate of drug-likeness (QED) is 0.549. The number of nitrogens with zero attached hydrogens (tertiary/aromatic N) is 3. The van der Waals surface area contributed by atoms with Gasteiger partial charge < -0.3 is 9.80 Å². The summed E-state index contributed by atoms with van der Waals surface area (Å²) in [4.78, 5) is 33.2. The molecule has 1 saturated heterocycles. The van der Waals surface area contributed by atoms with Gasteiger partial charge in [0, 0.05) is 48.4 Å². The molecule has 6 rings (SSSR count). The van der Waals surface area contributed by atoms with E-state index in [1.807, 2.05) is 76.5 Å². The lowest BCUT2D eigenvalue weighted by Gasteiger charge is -2.32. The summed E-state index contributed by atoms with van der Waals surface area (Å²) in [5.41, 5.74) is 3.92. The second kappa shape index (κ2) is 7.97. The van der Waals surface area contributed by atoms with Gasteiger partial charge in [-0.3, -0.25) is 14.5 Å². The Morgan fingerprint density at radius 3 is 2.44 bits per heavy atom. The maximum atomic E-state index is 14.0. The number of para-hydroxylation sites is 1. The van der Waals surface area contributed by atoms with Crippen LogP contribution in [0.25, 0.3) is 0 Å². The van der Waals surface area contributed by atoms with Crippen LogP contribution in [0.2, 0.25) is 5.02 Å². The van der Waals surface area contributed by atoms with Crippen molar-refractivity contribution in [3.8, 4) is 0 Å². The maximum absolute atomic E-state index is 14.0. The summed E-state index contributed by atoms with van der Waals surface area (Å²) in [5, 5.41) is 0.694. The molecule has 2 atom stereocenters. The summed E-state index contributed by atoms with van der Waals surface area (Å²) in [7, 11) is 2.07. The van der Waals surface area contributed by atoms with Crippen LogP contribution in [0, 0.1) is 0 Å². The molecule has 5 nitrogen and oxygen atoms in total. The Bertz CT molecular complexity index is 1280. The minimum atomic E-state index is -0.554. The van der Waals surface area contributed by atoms with E-state index in [1.165, 1.54) is 0 Å². The van der Waals surface area contributed by atoms with Crippen LogP contribution in [0.4, 0.5) is 11.4 Å². The van der Waals surface area contributed by atoms with Crippen molar-refractivity contribution in [2.24, 2.45) is 0 Å². The smallest absolute Gasteiger partial charge is 0.254 e. The lowest BCUT2D eigenvalue weighted by Crippen LogP contribution is -2.47. The van der Waals surface area contributed by atoms with Gasteiger partial charge in [-0.2, -0.15) is 0 Å². The number of carbonyl (C=O) groups excluding carboxylic acids is 2. The fourth-order valence-corrected chi connectivity index (χ4v) is 5.72. The highest BCUT2D eigenvalue weighted by molar-refractivity contribution is 6.30. The van der Waals surface area contributed by atoms with Crippen molar-refractivity contribution in [3.05, 3.63) is 94.5 Å². The van der Waals surface area contributed by atoms with E-state index in [0.717, 1.165) is 55.1 Å². The van der Waals surface area contributed by atoms with E-state index in [1.54, 1.807) is 0 Å². The summed E-state index contributed by atoms with van der Waals surface area (Å²) in [6.07, 6.45) is 0.779. The van der Waals surface area contributed by atoms with Crippen LogP contribution < -0.4 is 4.90 Å². The first-order valence-corrected chi connectivity index (χ1v) is 12.1. The molecule has 0 N–H and O–H groups in total. The van der Waals surface area contributed by atoms with Gasteiger partial charge >= 0.3 is 0 Å². The van der Waals surface area contributed by atoms with E-state index in [-0.39, 0.29) is 17.7 Å². The predicted molar refractivity (Wildman–Crippen MR) is 134 cm³/mol. The monoisotopic (exact) mass is 471 g/mol. The lowest BCUT2D eigenvalue weighted by atomic mass is 9.92. The third-order valence-electron chi connectivity index (χ3n) is 7.59. The van der Waals surface area contributed by atoms with E-state index in [0.29, 0.717) is 10.6 Å². The highest BCUT2D eigenvalue weighted by Gasteiger charge is 2.67. The van der Waals surface area contributed by atoms with Crippen molar-refractivity contribution in [3.63, 3.8) is 0 Å². The van der Waals surface area contributed by atoms with E-state index in [2.05, 4.69) is 18.0 Å². The van der Waals surface area contributed by atoms with Crippen LogP contribution in [-0.4, -0.2) is 54.8 Å². The average molecular weight is 472 g/mol. The molecule has 0 unspecified atom stereocenters.